The molecule has 0 unspecified atom stereocenters. The third-order valence-electron chi connectivity index (χ3n) is 4.97. The van der Waals surface area contributed by atoms with E-state index in [9.17, 15) is 29.9 Å². The number of allylic oxidation sites excluding steroid dienone is 1. The molecule has 1 N–H and O–H groups in total. The molecule has 0 aliphatic carbocycles. The van der Waals surface area contributed by atoms with Gasteiger partial charge < -0.3 is 10.1 Å². The van der Waals surface area contributed by atoms with Crippen LogP contribution in [0.25, 0.3) is 0 Å². The van der Waals surface area contributed by atoms with E-state index in [-0.39, 0.29) is 29.1 Å². The molecule has 1 aliphatic rings. The van der Waals surface area contributed by atoms with Gasteiger partial charge in [-0.1, -0.05) is 24.3 Å². The lowest BCUT2D eigenvalue weighted by atomic mass is 9.91. The van der Waals surface area contributed by atoms with Crippen molar-refractivity contribution in [1.82, 2.24) is 10.3 Å². The van der Waals surface area contributed by atoms with Gasteiger partial charge in [-0.15, -0.1) is 4.91 Å². The van der Waals surface area contributed by atoms with Crippen LogP contribution < -0.4 is 5.32 Å². The summed E-state index contributed by atoms with van der Waals surface area (Å²) in [5.41, 5.74) is 0.0992. The van der Waals surface area contributed by atoms with Crippen LogP contribution >= 0.6 is 0 Å². The van der Waals surface area contributed by atoms with Crippen molar-refractivity contribution in [1.29, 1.82) is 0 Å². The number of benzene rings is 2. The van der Waals surface area contributed by atoms with Crippen molar-refractivity contribution >= 4 is 17.3 Å². The fraction of sp³-hybridized carbons (Fsp3) is 0.250. The smallest absolute Gasteiger partial charge is 0.338 e. The Morgan fingerprint density at radius 3 is 2.50 bits per heavy atom. The summed E-state index contributed by atoms with van der Waals surface area (Å²) >= 11 is 0. The summed E-state index contributed by atoms with van der Waals surface area (Å²) in [6, 6.07) is 9.93. The zero-order valence-electron chi connectivity index (χ0n) is 17.1. The molecule has 32 heavy (non-hydrogen) atoms. The third kappa shape index (κ3) is 4.10. The number of para-hydroxylation sites is 1. The van der Waals surface area contributed by atoms with Gasteiger partial charge in [0, 0.05) is 29.5 Å². The fourth-order valence-electron chi connectivity index (χ4n) is 3.63. The van der Waals surface area contributed by atoms with Crippen molar-refractivity contribution in [3.05, 3.63) is 96.1 Å². The molecule has 0 saturated heterocycles. The van der Waals surface area contributed by atoms with Crippen molar-refractivity contribution in [3.8, 4) is 0 Å². The summed E-state index contributed by atoms with van der Waals surface area (Å²) in [5.74, 6) is -0.771. The molecule has 166 valence electrons. The van der Waals surface area contributed by atoms with Gasteiger partial charge in [-0.05, 0) is 19.9 Å². The number of ether oxygens (including phenoxy) is 1. The van der Waals surface area contributed by atoms with Crippen molar-refractivity contribution < 1.29 is 19.4 Å². The monoisotopic (exact) mass is 441 g/mol. The summed E-state index contributed by atoms with van der Waals surface area (Å²) in [5, 5.41) is 29.8. The fourth-order valence-corrected chi connectivity index (χ4v) is 3.63. The highest BCUT2D eigenvalue weighted by Crippen LogP contribution is 2.43. The Bertz CT molecular complexity index is 1120. The number of nitrogens with zero attached hydrogens (tertiary/aromatic N) is 4. The van der Waals surface area contributed by atoms with Gasteiger partial charge in [0.2, 0.25) is 0 Å². The minimum absolute atomic E-state index is 0.0255. The highest BCUT2D eigenvalue weighted by Gasteiger charge is 2.43. The number of nitroso groups, excluding NO2 is 1. The zero-order valence-corrected chi connectivity index (χ0v) is 17.1. The molecule has 0 amide bonds. The summed E-state index contributed by atoms with van der Waals surface area (Å²) < 4.78 is 5.12. The van der Waals surface area contributed by atoms with Crippen LogP contribution in [0.3, 0.4) is 0 Å². The molecule has 1 aliphatic heterocycles. The molecule has 0 fully saturated rings. The van der Waals surface area contributed by atoms with Crippen molar-refractivity contribution in [2.45, 2.75) is 26.1 Å². The summed E-state index contributed by atoms with van der Waals surface area (Å²) in [6.45, 7) is 3.20. The van der Waals surface area contributed by atoms with E-state index in [2.05, 4.69) is 10.6 Å². The van der Waals surface area contributed by atoms with Crippen LogP contribution in [0.15, 0.2) is 65.1 Å². The van der Waals surface area contributed by atoms with E-state index in [0.717, 1.165) is 5.01 Å². The maximum absolute atomic E-state index is 12.8. The second kappa shape index (κ2) is 9.20. The van der Waals surface area contributed by atoms with Gasteiger partial charge in [0.1, 0.15) is 12.2 Å². The van der Waals surface area contributed by atoms with Gasteiger partial charge in [0.15, 0.2) is 0 Å². The number of esters is 1. The van der Waals surface area contributed by atoms with Gasteiger partial charge in [0.25, 0.3) is 11.4 Å². The number of carbonyl (C=O) groups excluding carboxylic acids is 1. The van der Waals surface area contributed by atoms with E-state index < -0.39 is 28.0 Å². The minimum Gasteiger partial charge on any atom is -0.463 e. The van der Waals surface area contributed by atoms with Crippen molar-refractivity contribution in [2.75, 3.05) is 6.61 Å². The number of nitro benzene ring substituents is 2. The van der Waals surface area contributed by atoms with Gasteiger partial charge >= 0.3 is 5.97 Å². The second-order valence-electron chi connectivity index (χ2n) is 6.84. The van der Waals surface area contributed by atoms with Crippen LogP contribution in [0.5, 0.6) is 0 Å². The topological polar surface area (TPSA) is 157 Å². The normalized spacial score (nSPS) is 18.0. The van der Waals surface area contributed by atoms with Crippen LogP contribution in [0.1, 0.15) is 37.2 Å². The molecule has 2 aromatic rings. The van der Waals surface area contributed by atoms with Crippen LogP contribution in [-0.4, -0.2) is 27.4 Å². The lowest BCUT2D eigenvalue weighted by Crippen LogP contribution is -2.44. The standard InChI is InChI=1S/C20H19N5O7/c1-3-32-20(26)17-12(2)21-19(13-7-6-8-14(11-13)24(28)29)23(22-27)18(17)15-9-4-5-10-16(15)25(30)31/h4-11,18-19,21H,3H2,1-2H3/t18-,19+/m0/s1. The maximum Gasteiger partial charge on any atom is 0.338 e. The molecule has 3 rings (SSSR count). The van der Waals surface area contributed by atoms with Crippen LogP contribution in [0.4, 0.5) is 11.4 Å². The molecule has 12 nitrogen and oxygen atoms in total. The second-order valence-corrected chi connectivity index (χ2v) is 6.84. The van der Waals surface area contributed by atoms with Crippen LogP contribution in [0, 0.1) is 25.1 Å². The molecule has 0 bridgehead atoms. The molecular formula is C20H19N5O7. The molecule has 12 heteroatoms. The van der Waals surface area contributed by atoms with E-state index >= 15 is 0 Å². The van der Waals surface area contributed by atoms with Crippen LogP contribution in [-0.2, 0) is 9.53 Å². The Labute approximate surface area is 181 Å². The van der Waals surface area contributed by atoms with Gasteiger partial charge in [-0.3, -0.25) is 20.2 Å². The molecule has 0 saturated carbocycles. The Morgan fingerprint density at radius 1 is 1.16 bits per heavy atom. The third-order valence-corrected chi connectivity index (χ3v) is 4.97. The number of hydrogen-bond donors (Lipinski definition) is 1. The first-order valence-electron chi connectivity index (χ1n) is 9.53. The Morgan fingerprint density at radius 2 is 1.88 bits per heavy atom. The largest absolute Gasteiger partial charge is 0.463 e. The average molecular weight is 441 g/mol. The van der Waals surface area contributed by atoms with E-state index in [1.54, 1.807) is 19.9 Å². The number of non-ortho nitro benzene ring substituents is 1. The number of nitrogens with one attached hydrogen (secondary N) is 1. The summed E-state index contributed by atoms with van der Waals surface area (Å²) in [4.78, 5) is 46.5. The van der Waals surface area contributed by atoms with E-state index in [1.807, 2.05) is 0 Å². The predicted molar refractivity (Wildman–Crippen MR) is 112 cm³/mol. The highest BCUT2D eigenvalue weighted by molar-refractivity contribution is 5.91. The zero-order chi connectivity index (χ0) is 23.4. The number of nitro groups is 2. The lowest BCUT2D eigenvalue weighted by molar-refractivity contribution is -0.386. The Balaban J connectivity index is 2.24. The molecule has 0 spiro atoms. The minimum atomic E-state index is -1.27. The number of rotatable bonds is 7. The lowest BCUT2D eigenvalue weighted by Gasteiger charge is -2.40. The van der Waals surface area contributed by atoms with E-state index in [4.69, 9.17) is 4.74 Å². The summed E-state index contributed by atoms with van der Waals surface area (Å²) in [6.07, 6.45) is -1.03. The van der Waals surface area contributed by atoms with Crippen molar-refractivity contribution in [2.24, 2.45) is 5.29 Å². The first kappa shape index (κ1) is 22.3. The quantitative estimate of drug-likeness (QED) is 0.293. The summed E-state index contributed by atoms with van der Waals surface area (Å²) in [7, 11) is 0. The maximum atomic E-state index is 12.8. The van der Waals surface area contributed by atoms with Gasteiger partial charge in [-0.2, -0.15) is 0 Å². The Kier molecular flexibility index (Phi) is 6.42. The SMILES string of the molecule is CCOC(=O)C1=C(C)N[C@@H](c2cccc([N+](=O)[O-])c2)N(N=O)[C@H]1c1ccccc1[N+](=O)[O-]. The van der Waals surface area contributed by atoms with Crippen molar-refractivity contribution in [3.63, 3.8) is 0 Å². The van der Waals surface area contributed by atoms with Crippen LogP contribution in [0.2, 0.25) is 0 Å². The van der Waals surface area contributed by atoms with E-state index in [0.29, 0.717) is 11.3 Å². The number of carbonyl (C=O) groups is 1. The highest BCUT2D eigenvalue weighted by atomic mass is 16.6. The van der Waals surface area contributed by atoms with E-state index in [1.165, 1.54) is 42.5 Å². The average Bonchev–Trinajstić information content (AvgIpc) is 2.78. The molecule has 0 radical (unpaired) electrons. The van der Waals surface area contributed by atoms with Gasteiger partial charge in [0.05, 0.1) is 32.9 Å². The molecule has 2 aromatic carbocycles. The molecular weight excluding hydrogens is 422 g/mol. The first-order valence-corrected chi connectivity index (χ1v) is 9.53. The molecule has 0 aromatic heterocycles. The Hall–Kier alpha value is -4.35. The first-order chi connectivity index (χ1) is 15.3. The number of hydrogen-bond acceptors (Lipinski definition) is 9. The molecule has 2 atom stereocenters. The molecule has 1 heterocycles. The van der Waals surface area contributed by atoms with Gasteiger partial charge in [-0.25, -0.2) is 9.80 Å². The predicted octanol–water partition coefficient (Wildman–Crippen LogP) is 3.67.